The van der Waals surface area contributed by atoms with Gasteiger partial charge < -0.3 is 28.7 Å². The Bertz CT molecular complexity index is 898. The first kappa shape index (κ1) is 23.9. The van der Waals surface area contributed by atoms with Crippen molar-refractivity contribution in [3.63, 3.8) is 0 Å². The molecule has 3 N–H and O–H groups in total. The van der Waals surface area contributed by atoms with E-state index >= 15 is 0 Å². The van der Waals surface area contributed by atoms with Crippen LogP contribution in [0.25, 0.3) is 0 Å². The topological polar surface area (TPSA) is 163 Å². The molecule has 1 fully saturated rings. The zero-order valence-corrected chi connectivity index (χ0v) is 18.6. The second-order valence-electron chi connectivity index (χ2n) is 6.27. The maximum atomic E-state index is 12.6. The van der Waals surface area contributed by atoms with E-state index in [0.717, 1.165) is 10.6 Å². The number of aromatic nitrogens is 2. The highest BCUT2D eigenvalue weighted by molar-refractivity contribution is 8.54. The summed E-state index contributed by atoms with van der Waals surface area (Å²) in [7, 11) is 1.32. The van der Waals surface area contributed by atoms with Crippen molar-refractivity contribution < 1.29 is 33.2 Å². The van der Waals surface area contributed by atoms with Gasteiger partial charge in [0.25, 0.3) is 5.56 Å². The van der Waals surface area contributed by atoms with Crippen LogP contribution >= 0.6 is 24.7 Å². The molecule has 0 spiro atoms. The molecule has 1 aromatic rings. The van der Waals surface area contributed by atoms with Gasteiger partial charge in [-0.25, -0.2) is 9.36 Å². The Morgan fingerprint density at radius 1 is 1.43 bits per heavy atom. The Morgan fingerprint density at radius 3 is 2.57 bits per heavy atom. The fraction of sp³-hybridized carbons (Fsp3) is 0.692. The summed E-state index contributed by atoms with van der Waals surface area (Å²) in [5.74, 6) is -0.225. The minimum absolute atomic E-state index is 0.225. The first-order valence-corrected chi connectivity index (χ1v) is 14.0. The van der Waals surface area contributed by atoms with Crippen molar-refractivity contribution in [2.45, 2.75) is 44.0 Å². The molecule has 15 heteroatoms. The molecule has 5 atom stereocenters. The minimum atomic E-state index is -4.42. The summed E-state index contributed by atoms with van der Waals surface area (Å²) in [5, 5.41) is 0. The molecule has 2 unspecified atom stereocenters. The van der Waals surface area contributed by atoms with Gasteiger partial charge in [0.2, 0.25) is 0 Å². The number of ether oxygens (including phenoxy) is 2. The number of methoxy groups -OCH3 is 1. The Hall–Kier alpha value is -0.330. The van der Waals surface area contributed by atoms with Crippen LogP contribution in [-0.4, -0.2) is 56.2 Å². The first-order valence-electron chi connectivity index (χ1n) is 8.04. The molecule has 1 aromatic heterocycles. The van der Waals surface area contributed by atoms with Gasteiger partial charge >= 0.3 is 12.5 Å². The quantitative estimate of drug-likeness (QED) is 0.425. The molecule has 0 saturated carbocycles. The second-order valence-corrected chi connectivity index (χ2v) is 13.9. The van der Waals surface area contributed by atoms with E-state index in [1.54, 1.807) is 13.8 Å². The van der Waals surface area contributed by atoms with Gasteiger partial charge in [-0.2, -0.15) is 0 Å². The first-order chi connectivity index (χ1) is 12.9. The molecular weight excluding hydrogens is 454 g/mol. The molecule has 0 amide bonds. The zero-order chi connectivity index (χ0) is 21.3. The SMILES string of the molecule is COC1[C@@H](OP([O-])(=S)C(C)C)[C@@H](CSP(=O)(O)O)O[C@H]1n1ccc(=O)[nH]c1=O. The zero-order valence-electron chi connectivity index (χ0n) is 15.2. The van der Waals surface area contributed by atoms with Crippen LogP contribution in [0.3, 0.4) is 0 Å². The van der Waals surface area contributed by atoms with Crippen LogP contribution in [-0.2, 0) is 30.4 Å². The highest BCUT2D eigenvalue weighted by atomic mass is 32.7. The lowest BCUT2D eigenvalue weighted by molar-refractivity contribution is -0.192. The normalized spacial score (nSPS) is 27.8. The van der Waals surface area contributed by atoms with Crippen molar-refractivity contribution in [1.29, 1.82) is 0 Å². The Morgan fingerprint density at radius 2 is 2.07 bits per heavy atom. The van der Waals surface area contributed by atoms with Crippen molar-refractivity contribution in [3.05, 3.63) is 33.1 Å². The monoisotopic (exact) mass is 475 g/mol. The van der Waals surface area contributed by atoms with E-state index in [1.165, 1.54) is 13.3 Å². The van der Waals surface area contributed by atoms with Crippen molar-refractivity contribution in [2.24, 2.45) is 0 Å². The molecule has 160 valence electrons. The lowest BCUT2D eigenvalue weighted by Gasteiger charge is -2.37. The number of hydrogen-bond acceptors (Lipinski definition) is 9. The minimum Gasteiger partial charge on any atom is -0.800 e. The van der Waals surface area contributed by atoms with Crippen molar-refractivity contribution in [3.8, 4) is 0 Å². The predicted molar refractivity (Wildman–Crippen MR) is 105 cm³/mol. The molecule has 0 aromatic carbocycles. The predicted octanol–water partition coefficient (Wildman–Crippen LogP) is -0.262. The lowest BCUT2D eigenvalue weighted by Crippen LogP contribution is -2.40. The van der Waals surface area contributed by atoms with Gasteiger partial charge in [0.05, 0.1) is 6.10 Å². The molecule has 1 aliphatic heterocycles. The molecular formula is C13H21N2O9P2S2-. The number of rotatable bonds is 8. The fourth-order valence-electron chi connectivity index (χ4n) is 2.53. The molecule has 2 heterocycles. The van der Waals surface area contributed by atoms with Crippen molar-refractivity contribution in [2.75, 3.05) is 12.9 Å². The van der Waals surface area contributed by atoms with Gasteiger partial charge in [0.1, 0.15) is 12.2 Å². The maximum absolute atomic E-state index is 12.6. The highest BCUT2D eigenvalue weighted by Gasteiger charge is 2.48. The van der Waals surface area contributed by atoms with Gasteiger partial charge in [-0.15, -0.1) is 0 Å². The van der Waals surface area contributed by atoms with Crippen LogP contribution in [0.4, 0.5) is 0 Å². The molecule has 0 aliphatic carbocycles. The van der Waals surface area contributed by atoms with E-state index in [1.807, 2.05) is 0 Å². The largest absolute Gasteiger partial charge is 0.800 e. The average molecular weight is 475 g/mol. The molecule has 0 bridgehead atoms. The van der Waals surface area contributed by atoms with Gasteiger partial charge in [-0.1, -0.05) is 25.7 Å². The lowest BCUT2D eigenvalue weighted by atomic mass is 10.1. The van der Waals surface area contributed by atoms with E-state index < -0.39 is 54.7 Å². The summed E-state index contributed by atoms with van der Waals surface area (Å²) in [6.45, 7) is -4.71. The summed E-state index contributed by atoms with van der Waals surface area (Å²) in [4.78, 5) is 56.4. The fourth-order valence-corrected chi connectivity index (χ4v) is 5.30. The summed E-state index contributed by atoms with van der Waals surface area (Å²) < 4.78 is 29.1. The number of nitrogens with zero attached hydrogens (tertiary/aromatic N) is 1. The van der Waals surface area contributed by atoms with Crippen molar-refractivity contribution in [1.82, 2.24) is 9.55 Å². The van der Waals surface area contributed by atoms with Crippen LogP contribution < -0.4 is 16.1 Å². The maximum Gasteiger partial charge on any atom is 0.384 e. The molecule has 28 heavy (non-hydrogen) atoms. The molecule has 2 rings (SSSR count). The van der Waals surface area contributed by atoms with E-state index in [-0.39, 0.29) is 5.75 Å². The number of hydrogen-bond donors (Lipinski definition) is 3. The van der Waals surface area contributed by atoms with E-state index in [4.69, 9.17) is 35.6 Å². The summed E-state index contributed by atoms with van der Waals surface area (Å²) in [5.41, 5.74) is -1.87. The van der Waals surface area contributed by atoms with Crippen LogP contribution in [0.2, 0.25) is 0 Å². The van der Waals surface area contributed by atoms with Gasteiger partial charge in [0, 0.05) is 25.1 Å². The van der Waals surface area contributed by atoms with E-state index in [2.05, 4.69) is 4.98 Å². The molecule has 0 radical (unpaired) electrons. The number of aromatic amines is 1. The van der Waals surface area contributed by atoms with Gasteiger partial charge in [-0.3, -0.25) is 14.3 Å². The smallest absolute Gasteiger partial charge is 0.384 e. The van der Waals surface area contributed by atoms with Crippen LogP contribution in [0.5, 0.6) is 0 Å². The molecule has 1 aliphatic rings. The molecule has 11 nitrogen and oxygen atoms in total. The third kappa shape index (κ3) is 5.85. The standard InChI is InChI=1S/C13H22N2O9P2S2/c1-7(2)25(18,27)24-10-8(6-28-26(19,20)21)23-12(11(10)22-3)15-5-4-9(16)14-13(15)17/h4-5,7-8,10-12H,6H2,1-3H3,(H,18,27)(H,14,16,17)(H2,19,20,21)/p-1/t8-,10+,11?,12-,25?/m1/s1. The van der Waals surface area contributed by atoms with Gasteiger partial charge in [0.15, 0.2) is 6.23 Å². The Balaban J connectivity index is 2.41. The van der Waals surface area contributed by atoms with E-state index in [0.29, 0.717) is 11.4 Å². The number of H-pyrrole nitrogens is 1. The Kier molecular flexibility index (Phi) is 7.88. The number of nitrogens with one attached hydrogen (secondary N) is 1. The van der Waals surface area contributed by atoms with Gasteiger partial charge in [-0.05, 0) is 23.5 Å². The third-order valence-corrected chi connectivity index (χ3v) is 9.59. The van der Waals surface area contributed by atoms with Crippen LogP contribution in [0.15, 0.2) is 21.9 Å². The van der Waals surface area contributed by atoms with Crippen molar-refractivity contribution >= 4 is 36.5 Å². The van der Waals surface area contributed by atoms with Crippen LogP contribution in [0.1, 0.15) is 20.1 Å². The van der Waals surface area contributed by atoms with Crippen LogP contribution in [0, 0.1) is 0 Å². The molecule has 1 saturated heterocycles. The summed E-state index contributed by atoms with van der Waals surface area (Å²) in [6.07, 6.45) is -2.91. The highest BCUT2D eigenvalue weighted by Crippen LogP contribution is 2.53. The van der Waals surface area contributed by atoms with E-state index in [9.17, 15) is 19.0 Å². The third-order valence-electron chi connectivity index (χ3n) is 3.99. The average Bonchev–Trinajstić information content (AvgIpc) is 2.88. The summed E-state index contributed by atoms with van der Waals surface area (Å²) >= 11 is 5.38. The second kappa shape index (κ2) is 9.22. The summed E-state index contributed by atoms with van der Waals surface area (Å²) in [6, 6.07) is 1.11. The Labute approximate surface area is 169 Å².